The molecule has 3 aromatic rings. The molecule has 0 aromatic heterocycles. The van der Waals surface area contributed by atoms with Crippen LogP contribution in [-0.4, -0.2) is 12.2 Å². The van der Waals surface area contributed by atoms with Gasteiger partial charge in [-0.25, -0.2) is 0 Å². The molecule has 5 heteroatoms. The maximum absolute atomic E-state index is 10.9. The van der Waals surface area contributed by atoms with Crippen LogP contribution in [0.5, 0.6) is 11.5 Å². The van der Waals surface area contributed by atoms with E-state index in [1.807, 2.05) is 24.3 Å². The van der Waals surface area contributed by atoms with E-state index in [-0.39, 0.29) is 11.4 Å². The van der Waals surface area contributed by atoms with E-state index in [1.54, 1.807) is 13.2 Å². The number of benzene rings is 3. The molecule has 1 N–H and O–H groups in total. The van der Waals surface area contributed by atoms with Crippen molar-refractivity contribution in [3.05, 3.63) is 45.8 Å². The van der Waals surface area contributed by atoms with Gasteiger partial charge in [0, 0.05) is 5.39 Å². The molecule has 4 nitrogen and oxygen atoms in total. The van der Waals surface area contributed by atoms with E-state index < -0.39 is 0 Å². The van der Waals surface area contributed by atoms with E-state index in [1.165, 1.54) is 6.07 Å². The number of nitrogens with zero attached hydrogens (tertiary/aromatic N) is 1. The monoisotopic (exact) mass is 331 g/mol. The Morgan fingerprint density at radius 3 is 2.55 bits per heavy atom. The van der Waals surface area contributed by atoms with Crippen molar-refractivity contribution in [3.8, 4) is 11.5 Å². The second kappa shape index (κ2) is 4.76. The summed E-state index contributed by atoms with van der Waals surface area (Å²) >= 11 is 3.43. The maximum atomic E-state index is 10.9. The highest BCUT2D eigenvalue weighted by atomic mass is 79.9. The fourth-order valence-corrected chi connectivity index (χ4v) is 2.82. The average molecular weight is 332 g/mol. The van der Waals surface area contributed by atoms with E-state index in [4.69, 9.17) is 4.74 Å². The summed E-state index contributed by atoms with van der Waals surface area (Å²) in [5.41, 5.74) is 0.0661. The Morgan fingerprint density at radius 2 is 1.85 bits per heavy atom. The first-order valence-electron chi connectivity index (χ1n) is 5.90. The largest absolute Gasteiger partial charge is 0.506 e. The second-order valence-corrected chi connectivity index (χ2v) is 5.29. The number of fused-ring (bicyclic) bond motifs is 2. The normalized spacial score (nSPS) is 10.9. The molecule has 0 amide bonds. The Hall–Kier alpha value is -2.14. The predicted molar refractivity (Wildman–Crippen MR) is 82.8 cm³/mol. The van der Waals surface area contributed by atoms with Crippen LogP contribution in [0.3, 0.4) is 0 Å². The second-order valence-electron chi connectivity index (χ2n) is 4.43. The predicted octanol–water partition coefficient (Wildman–Crippen LogP) is 4.87. The molecule has 0 aliphatic heterocycles. The highest BCUT2D eigenvalue weighted by Gasteiger charge is 2.10. The SMILES string of the molecule is COc1cc2cc3ccc(O)c(N=O)c3cc2cc1Br. The summed E-state index contributed by atoms with van der Waals surface area (Å²) in [7, 11) is 1.61. The molecule has 0 radical (unpaired) electrons. The van der Waals surface area contributed by atoms with Crippen LogP contribution in [0, 0.1) is 4.91 Å². The van der Waals surface area contributed by atoms with Gasteiger partial charge in [0.05, 0.1) is 11.6 Å². The van der Waals surface area contributed by atoms with Crippen LogP contribution < -0.4 is 4.74 Å². The topological polar surface area (TPSA) is 58.9 Å². The van der Waals surface area contributed by atoms with Crippen LogP contribution in [0.1, 0.15) is 0 Å². The minimum atomic E-state index is -0.112. The van der Waals surface area contributed by atoms with Crippen LogP contribution in [0.25, 0.3) is 21.5 Å². The standard InChI is InChI=1S/C15H10BrNO3/c1-20-14-7-9-4-8-2-3-13(18)15(17-19)11(8)5-10(9)6-12(14)16/h2-7,18H,1H3. The summed E-state index contributed by atoms with van der Waals surface area (Å²) in [4.78, 5) is 10.9. The Labute approximate surface area is 123 Å². The van der Waals surface area contributed by atoms with Gasteiger partial charge >= 0.3 is 0 Å². The molecule has 0 atom stereocenters. The molecule has 0 fully saturated rings. The van der Waals surface area contributed by atoms with Gasteiger partial charge in [0.2, 0.25) is 0 Å². The lowest BCUT2D eigenvalue weighted by molar-refractivity contribution is 0.413. The van der Waals surface area contributed by atoms with Gasteiger partial charge in [-0.05, 0) is 67.6 Å². The maximum Gasteiger partial charge on any atom is 0.157 e. The van der Waals surface area contributed by atoms with Crippen molar-refractivity contribution in [2.75, 3.05) is 7.11 Å². The molecule has 0 unspecified atom stereocenters. The van der Waals surface area contributed by atoms with Crippen molar-refractivity contribution >= 4 is 43.2 Å². The fraction of sp³-hybridized carbons (Fsp3) is 0.0667. The van der Waals surface area contributed by atoms with Crippen LogP contribution in [0.2, 0.25) is 0 Å². The molecule has 0 heterocycles. The average Bonchev–Trinajstić information content (AvgIpc) is 2.45. The van der Waals surface area contributed by atoms with E-state index >= 15 is 0 Å². The molecule has 100 valence electrons. The van der Waals surface area contributed by atoms with Crippen LogP contribution in [-0.2, 0) is 0 Å². The molecule has 0 saturated heterocycles. The molecule has 3 aromatic carbocycles. The van der Waals surface area contributed by atoms with E-state index in [0.29, 0.717) is 5.39 Å². The lowest BCUT2D eigenvalue weighted by Crippen LogP contribution is -1.85. The highest BCUT2D eigenvalue weighted by Crippen LogP contribution is 2.38. The van der Waals surface area contributed by atoms with Crippen molar-refractivity contribution in [3.63, 3.8) is 0 Å². The number of hydrogen-bond acceptors (Lipinski definition) is 4. The molecule has 20 heavy (non-hydrogen) atoms. The van der Waals surface area contributed by atoms with Crippen molar-refractivity contribution < 1.29 is 9.84 Å². The smallest absolute Gasteiger partial charge is 0.157 e. The zero-order valence-corrected chi connectivity index (χ0v) is 12.1. The molecule has 0 spiro atoms. The molecule has 3 rings (SSSR count). The van der Waals surface area contributed by atoms with Gasteiger partial charge in [-0.3, -0.25) is 0 Å². The quantitative estimate of drug-likeness (QED) is 0.538. The number of rotatable bonds is 2. The van der Waals surface area contributed by atoms with Crippen molar-refractivity contribution in [2.24, 2.45) is 5.18 Å². The lowest BCUT2D eigenvalue weighted by atomic mass is 10.0. The van der Waals surface area contributed by atoms with Gasteiger partial charge in [-0.1, -0.05) is 6.07 Å². The summed E-state index contributed by atoms with van der Waals surface area (Å²) in [5, 5.41) is 16.0. The molecule has 0 bridgehead atoms. The van der Waals surface area contributed by atoms with Crippen LogP contribution in [0.4, 0.5) is 5.69 Å². The first-order valence-corrected chi connectivity index (χ1v) is 6.69. The molecule has 0 aliphatic rings. The van der Waals surface area contributed by atoms with Crippen molar-refractivity contribution in [1.29, 1.82) is 0 Å². The number of phenols is 1. The Balaban J connectivity index is 2.43. The highest BCUT2D eigenvalue weighted by molar-refractivity contribution is 9.10. The number of aromatic hydroxyl groups is 1. The van der Waals surface area contributed by atoms with Gasteiger partial charge in [0.15, 0.2) is 5.69 Å². The number of nitroso groups, excluding NO2 is 1. The lowest BCUT2D eigenvalue weighted by Gasteiger charge is -2.08. The third kappa shape index (κ3) is 1.91. The molecule has 0 aliphatic carbocycles. The minimum absolute atomic E-state index is 0.0661. The number of methoxy groups -OCH3 is 1. The minimum Gasteiger partial charge on any atom is -0.506 e. The first kappa shape index (κ1) is 12.9. The third-order valence-corrected chi connectivity index (χ3v) is 3.91. The number of hydrogen-bond donors (Lipinski definition) is 1. The van der Waals surface area contributed by atoms with Gasteiger partial charge in [0.1, 0.15) is 11.5 Å². The van der Waals surface area contributed by atoms with Gasteiger partial charge in [0.25, 0.3) is 0 Å². The van der Waals surface area contributed by atoms with E-state index in [9.17, 15) is 10.0 Å². The Kier molecular flexibility index (Phi) is 3.06. The summed E-state index contributed by atoms with van der Waals surface area (Å²) < 4.78 is 6.10. The molecular formula is C15H10BrNO3. The number of halogens is 1. The summed E-state index contributed by atoms with van der Waals surface area (Å²) in [6.07, 6.45) is 0. The third-order valence-electron chi connectivity index (χ3n) is 3.29. The van der Waals surface area contributed by atoms with Crippen molar-refractivity contribution in [2.45, 2.75) is 0 Å². The first-order chi connectivity index (χ1) is 9.63. The van der Waals surface area contributed by atoms with Gasteiger partial charge in [-0.15, -0.1) is 4.91 Å². The summed E-state index contributed by atoms with van der Waals surface area (Å²) in [5.74, 6) is 0.629. The zero-order valence-electron chi connectivity index (χ0n) is 10.6. The van der Waals surface area contributed by atoms with Crippen LogP contribution in [0.15, 0.2) is 46.0 Å². The molecular weight excluding hydrogens is 322 g/mol. The Bertz CT molecular complexity index is 846. The van der Waals surface area contributed by atoms with Crippen molar-refractivity contribution in [1.82, 2.24) is 0 Å². The van der Waals surface area contributed by atoms with Gasteiger partial charge in [-0.2, -0.15) is 0 Å². The Morgan fingerprint density at radius 1 is 1.10 bits per heavy atom. The number of ether oxygens (including phenoxy) is 1. The van der Waals surface area contributed by atoms with Gasteiger partial charge < -0.3 is 9.84 Å². The summed E-state index contributed by atoms with van der Waals surface area (Å²) in [6, 6.07) is 10.8. The molecule has 0 saturated carbocycles. The summed E-state index contributed by atoms with van der Waals surface area (Å²) in [6.45, 7) is 0. The van der Waals surface area contributed by atoms with E-state index in [2.05, 4.69) is 21.1 Å². The van der Waals surface area contributed by atoms with Crippen LogP contribution >= 0.6 is 15.9 Å². The fourth-order valence-electron chi connectivity index (χ4n) is 2.30. The zero-order chi connectivity index (χ0) is 14.3. The number of phenolic OH excluding ortho intramolecular Hbond substituents is 1. The van der Waals surface area contributed by atoms with E-state index in [0.717, 1.165) is 26.4 Å².